The molecule has 1 saturated heterocycles. The number of amides is 11. The van der Waals surface area contributed by atoms with Crippen LogP contribution < -0.4 is 81.2 Å². The van der Waals surface area contributed by atoms with Crippen LogP contribution >= 0.6 is 0 Å². The molecular formula is C88H130N22O30Si. The summed E-state index contributed by atoms with van der Waals surface area (Å²) in [5, 5.41) is 116. The first-order valence-electron chi connectivity index (χ1n) is 46.1. The number of benzene rings is 2. The molecule has 27 N–H and O–H groups in total. The van der Waals surface area contributed by atoms with Gasteiger partial charge in [-0.25, -0.2) is 19.6 Å². The number of hydrogen-bond donors (Lipinski definition) is 24. The number of ketones is 1. The lowest BCUT2D eigenvalue weighted by Gasteiger charge is -2.33. The fourth-order valence-corrected chi connectivity index (χ4v) is 15.8. The lowest BCUT2D eigenvalue weighted by molar-refractivity contribution is -0.144. The number of urea groups is 1. The number of aromatic amines is 1. The molecule has 1 aliphatic heterocycles. The summed E-state index contributed by atoms with van der Waals surface area (Å²) < 4.78 is 0. The second kappa shape index (κ2) is 62.6. The molecule has 141 heavy (non-hydrogen) atoms. The van der Waals surface area contributed by atoms with E-state index in [1.165, 1.54) is 30.5 Å². The number of nitrogens with two attached hydrogens (primary N) is 3. The van der Waals surface area contributed by atoms with Crippen molar-refractivity contribution in [3.8, 4) is 0 Å². The van der Waals surface area contributed by atoms with Gasteiger partial charge in [0.05, 0.1) is 81.6 Å². The zero-order valence-electron chi connectivity index (χ0n) is 78.3. The Hall–Kier alpha value is -14.3. The first kappa shape index (κ1) is 117. The maximum Gasteiger partial charge on any atom is 0.326 e. The quantitative estimate of drug-likeness (QED) is 0.0146. The average molecular weight is 2000 g/mol. The van der Waals surface area contributed by atoms with E-state index in [0.29, 0.717) is 41.8 Å². The number of carboxylic acid groups (broad SMARTS) is 9. The van der Waals surface area contributed by atoms with Gasteiger partial charge in [0.25, 0.3) is 5.91 Å². The fraction of sp³-hybridized carbons (Fsp3) is 0.568. The molecule has 0 saturated carbocycles. The van der Waals surface area contributed by atoms with E-state index >= 15 is 0 Å². The Morgan fingerprint density at radius 2 is 0.915 bits per heavy atom. The number of H-pyrrole nitrogens is 1. The highest BCUT2D eigenvalue weighted by Crippen LogP contribution is 2.22. The second-order valence-electron chi connectivity index (χ2n) is 34.1. The smallest absolute Gasteiger partial charge is 0.326 e. The molecule has 3 unspecified atom stereocenters. The van der Waals surface area contributed by atoms with Gasteiger partial charge in [0.1, 0.15) is 36.0 Å². The number of nitrogens with one attached hydrogen (secondary N) is 12. The predicted molar refractivity (Wildman–Crippen MR) is 503 cm³/mol. The van der Waals surface area contributed by atoms with Gasteiger partial charge in [-0.3, -0.25) is 111 Å². The van der Waals surface area contributed by atoms with Crippen molar-refractivity contribution in [3.05, 3.63) is 87.5 Å². The summed E-state index contributed by atoms with van der Waals surface area (Å²) in [7, 11) is -0.178. The number of fused-ring (bicyclic) bond motifs is 1. The SMILES string of the molecule is NCCCCC(NC(=O)[C@H](CC(=O)O)C([SiH3])NC(=O)[C@H](CC(=O)O)NC(=O)Cc1ccc(CNC(=O)NCCCC[C@H](CCC(=O)CC[C@@H](CCC(=O)O)C(=O)O)C(=O)O)cc1)C(=O)N[C@@H](CCCCNC(=O)C(CCCCNC(=O)CC[C@H](NC(=O)c1ccc(NCc2cnc3[nH]c(N)nc(=O)c3n2)cc1)C(=O)O)NC(=O)CN1CCN(CC(=O)O)CCN(CC(=O)O)CCN(CC(=O)O)CC1)C(N)=O. The minimum atomic E-state index is -1.77. The summed E-state index contributed by atoms with van der Waals surface area (Å²) in [6, 6.07) is 4.15. The fourth-order valence-electron chi connectivity index (χ4n) is 15.0. The van der Waals surface area contributed by atoms with Crippen LogP contribution in [-0.4, -0.2) is 355 Å². The first-order chi connectivity index (χ1) is 66.9. The van der Waals surface area contributed by atoms with Gasteiger partial charge in [-0.2, -0.15) is 4.98 Å². The average Bonchev–Trinajstić information content (AvgIpc) is 0.808. The zero-order valence-corrected chi connectivity index (χ0v) is 80.3. The van der Waals surface area contributed by atoms with Crippen LogP contribution in [0.2, 0.25) is 0 Å². The molecule has 11 amide bonds. The third-order valence-electron chi connectivity index (χ3n) is 22.9. The summed E-state index contributed by atoms with van der Waals surface area (Å²) in [5.74, 6) is -23.2. The number of aliphatic carboxylic acids is 9. The molecule has 5 rings (SSSR count). The molecule has 0 radical (unpaired) electrons. The maximum atomic E-state index is 14.3. The normalized spacial score (nSPS) is 14.7. The number of carboxylic acids is 9. The van der Waals surface area contributed by atoms with E-state index in [0.717, 1.165) is 0 Å². The molecule has 1 fully saturated rings. The van der Waals surface area contributed by atoms with E-state index in [9.17, 15) is 142 Å². The van der Waals surface area contributed by atoms with Crippen LogP contribution in [0.5, 0.6) is 0 Å². The molecule has 2 aromatic heterocycles. The van der Waals surface area contributed by atoms with Gasteiger partial charge in [-0.05, 0) is 138 Å². The number of carbonyl (C=O) groups excluding carboxylic acids is 11. The Bertz CT molecular complexity index is 4970. The van der Waals surface area contributed by atoms with Crippen molar-refractivity contribution in [2.24, 2.45) is 29.2 Å². The van der Waals surface area contributed by atoms with Gasteiger partial charge >= 0.3 is 65.3 Å². The number of hydrogen-bond acceptors (Lipinski definition) is 31. The van der Waals surface area contributed by atoms with Gasteiger partial charge in [-0.15, -0.1) is 0 Å². The number of anilines is 2. The minimum absolute atomic E-state index is 0.00513. The second-order valence-corrected chi connectivity index (χ2v) is 35.3. The standard InChI is InChI=1S/C88H130N22O30Si/c89-29-5-1-11-62(102-78(129)59(42-69(117)118)83(141)105-81(132)64(43-70(119)120)100-66(113)41-51-13-15-52(16-14-51)44-97-88(140)94-32-6-2-9-54(84(134)135)19-24-58(111)25-20-55(85(136)137)21-28-68(115)116)80(131)101-60(75(90)127)10-3-8-31-93-79(130)61(99-67(114)47-107-33-35-108(48-71(121)122)37-39-110(50-73(125)126)40-38-109(36-34-107)49-72(123)124)12-4-7-30-92-65(112)27-26-63(86(138)139)103-77(128)53-17-22-56(23-18-53)95-45-57-46-96-76-74(98-57)82(133)106-87(91)104-76/h13-18,22-23,46,54-55,59-64,83,95H,1-12,19-21,24-45,47-50,89H2,141H3,(H2,90,127)(H,92,112)(H,93,130)(H,99,114)(H,100,113)(H,101,131)(H,102,129)(H,103,128)(H,105,132)(H,115,116)(H,117,118)(H,119,120)(H,121,122)(H,123,124)(H,125,126)(H,134,135)(H,136,137)(H,138,139)(H2,94,97,140)(H3,91,96,104,106,133)/t54-,55+,59+,60+,61?,62?,63+,64+,83?/m1/s1. The van der Waals surface area contributed by atoms with Crippen LogP contribution in [0.1, 0.15) is 168 Å². The van der Waals surface area contributed by atoms with Crippen molar-refractivity contribution in [1.29, 1.82) is 0 Å². The summed E-state index contributed by atoms with van der Waals surface area (Å²) >= 11 is 0. The third kappa shape index (κ3) is 47.3. The monoisotopic (exact) mass is 2000 g/mol. The van der Waals surface area contributed by atoms with E-state index in [4.69, 9.17) is 22.3 Å². The van der Waals surface area contributed by atoms with Gasteiger partial charge in [0.2, 0.25) is 53.2 Å². The summed E-state index contributed by atoms with van der Waals surface area (Å²) in [4.78, 5) is 289. The maximum absolute atomic E-state index is 14.3. The van der Waals surface area contributed by atoms with Crippen molar-refractivity contribution in [1.82, 2.24) is 92.7 Å². The number of nitrogen functional groups attached to an aromatic ring is 1. The number of Topliss-reactive ketones (excluding diaryl/α,β-unsaturated/α-hetero) is 1. The topological polar surface area (TPSA) is 818 Å². The van der Waals surface area contributed by atoms with E-state index in [2.05, 4.69) is 78.4 Å². The van der Waals surface area contributed by atoms with Gasteiger partial charge in [0.15, 0.2) is 11.2 Å². The van der Waals surface area contributed by atoms with Crippen LogP contribution in [-0.2, 0) is 106 Å². The third-order valence-corrected chi connectivity index (χ3v) is 24.0. The van der Waals surface area contributed by atoms with Crippen LogP contribution in [0.3, 0.4) is 0 Å². The van der Waals surface area contributed by atoms with Crippen LogP contribution in [0.4, 0.5) is 16.4 Å². The lowest BCUT2D eigenvalue weighted by Crippen LogP contribution is -2.57. The van der Waals surface area contributed by atoms with Crippen molar-refractivity contribution >= 4 is 152 Å². The van der Waals surface area contributed by atoms with Gasteiger partial charge in [-0.1, -0.05) is 30.7 Å². The zero-order chi connectivity index (χ0) is 104. The lowest BCUT2D eigenvalue weighted by atomic mass is 9.92. The predicted octanol–water partition coefficient (Wildman–Crippen LogP) is -4.55. The van der Waals surface area contributed by atoms with E-state index in [-0.39, 0.29) is 246 Å². The van der Waals surface area contributed by atoms with Crippen LogP contribution in [0, 0.1) is 17.8 Å². The molecule has 0 bridgehead atoms. The molecule has 776 valence electrons. The van der Waals surface area contributed by atoms with Crippen molar-refractivity contribution in [2.45, 2.75) is 197 Å². The van der Waals surface area contributed by atoms with Gasteiger partial charge < -0.3 is 127 Å². The van der Waals surface area contributed by atoms with Crippen molar-refractivity contribution < 1.29 is 142 Å². The molecule has 0 spiro atoms. The Kier molecular flexibility index (Phi) is 52.0. The van der Waals surface area contributed by atoms with Crippen molar-refractivity contribution in [2.75, 3.05) is 116 Å². The number of carbonyl (C=O) groups is 20. The Morgan fingerprint density at radius 1 is 0.426 bits per heavy atom. The number of nitrogens with zero attached hydrogens (tertiary/aromatic N) is 7. The molecule has 4 aromatic rings. The highest BCUT2D eigenvalue weighted by Gasteiger charge is 2.36. The number of primary amides is 1. The molecular weight excluding hydrogens is 1870 g/mol. The molecule has 53 heteroatoms. The highest BCUT2D eigenvalue weighted by molar-refractivity contribution is 6.16. The minimum Gasteiger partial charge on any atom is -0.481 e. The molecule has 9 atom stereocenters. The first-order valence-corrected chi connectivity index (χ1v) is 47.3. The van der Waals surface area contributed by atoms with E-state index < -0.39 is 211 Å². The molecule has 52 nitrogen and oxygen atoms in total. The van der Waals surface area contributed by atoms with E-state index in [1.54, 1.807) is 43.9 Å². The Morgan fingerprint density at radius 3 is 1.45 bits per heavy atom. The summed E-state index contributed by atoms with van der Waals surface area (Å²) in [6.45, 7) is -0.814. The van der Waals surface area contributed by atoms with E-state index in [1.807, 2.05) is 0 Å². The largest absolute Gasteiger partial charge is 0.481 e. The van der Waals surface area contributed by atoms with Crippen molar-refractivity contribution in [3.63, 3.8) is 0 Å². The van der Waals surface area contributed by atoms with Crippen LogP contribution in [0.25, 0.3) is 11.2 Å². The summed E-state index contributed by atoms with van der Waals surface area (Å²) in [5.41, 5.74) is 17.2. The molecule has 0 aliphatic carbocycles. The number of unbranched alkanes of at least 4 members (excludes halogenated alkanes) is 4. The molecule has 3 heterocycles. The Labute approximate surface area is 811 Å². The Balaban J connectivity index is 1.17. The van der Waals surface area contributed by atoms with Crippen LogP contribution in [0.15, 0.2) is 59.5 Å². The molecule has 2 aromatic carbocycles. The van der Waals surface area contributed by atoms with Gasteiger partial charge in [0, 0.05) is 131 Å². The highest BCUT2D eigenvalue weighted by atomic mass is 28.1. The number of rotatable bonds is 66. The number of aromatic nitrogens is 4. The summed E-state index contributed by atoms with van der Waals surface area (Å²) in [6.07, 6.45) is -0.717. The molecule has 1 aliphatic rings.